The fraction of sp³-hybridized carbons (Fsp3) is 0.385. The predicted octanol–water partition coefficient (Wildman–Crippen LogP) is 3.20. The number of carbonyl (C=O) groups excluding carboxylic acids is 1. The van der Waals surface area contributed by atoms with Crippen molar-refractivity contribution in [3.63, 3.8) is 0 Å². The maximum Gasteiger partial charge on any atom is 0.270 e. The molecule has 4 nitrogen and oxygen atoms in total. The van der Waals surface area contributed by atoms with Crippen LogP contribution in [0.2, 0.25) is 0 Å². The molecule has 0 aliphatic carbocycles. The molecule has 2 N–H and O–H groups in total. The largest absolute Gasteiger partial charge is 0.348 e. The molecule has 21 heavy (non-hydrogen) atoms. The number of aromatic nitrogens is 1. The van der Waals surface area contributed by atoms with Crippen molar-refractivity contribution in [1.82, 2.24) is 15.6 Å². The minimum absolute atomic E-state index is 0. The molecule has 1 aliphatic heterocycles. The van der Waals surface area contributed by atoms with Crippen LogP contribution in [0.3, 0.4) is 0 Å². The van der Waals surface area contributed by atoms with E-state index >= 15 is 0 Å². The lowest BCUT2D eigenvalue weighted by atomic mass is 10.1. The summed E-state index contributed by atoms with van der Waals surface area (Å²) in [7, 11) is 0. The second kappa shape index (κ2) is 8.70. The van der Waals surface area contributed by atoms with Gasteiger partial charge in [0.05, 0.1) is 4.88 Å². The van der Waals surface area contributed by atoms with E-state index < -0.39 is 0 Å². The summed E-state index contributed by atoms with van der Waals surface area (Å²) in [5.41, 5.74) is 0.534. The van der Waals surface area contributed by atoms with Crippen molar-refractivity contribution in [2.45, 2.75) is 18.9 Å². The van der Waals surface area contributed by atoms with Crippen LogP contribution in [-0.2, 0) is 0 Å². The first kappa shape index (κ1) is 18.4. The van der Waals surface area contributed by atoms with Crippen molar-refractivity contribution in [3.05, 3.63) is 28.6 Å². The second-order valence-electron chi connectivity index (χ2n) is 4.51. The number of hydrogen-bond acceptors (Lipinski definition) is 5. The SMILES string of the molecule is Cl.Cl.O=C(NC1CCNCC1)c1csc(-c2cccs2)n1. The van der Waals surface area contributed by atoms with Gasteiger partial charge in [-0.1, -0.05) is 6.07 Å². The molecule has 2 aromatic heterocycles. The first-order valence-corrected chi connectivity index (χ1v) is 8.10. The number of thiophene rings is 1. The molecule has 2 aromatic rings. The minimum Gasteiger partial charge on any atom is -0.348 e. The van der Waals surface area contributed by atoms with E-state index in [1.165, 1.54) is 11.3 Å². The van der Waals surface area contributed by atoms with Gasteiger partial charge in [0.15, 0.2) is 0 Å². The summed E-state index contributed by atoms with van der Waals surface area (Å²) in [6.07, 6.45) is 1.99. The maximum absolute atomic E-state index is 12.1. The molecular formula is C13H17Cl2N3OS2. The average molecular weight is 366 g/mol. The monoisotopic (exact) mass is 365 g/mol. The Morgan fingerprint density at radius 2 is 2.05 bits per heavy atom. The topological polar surface area (TPSA) is 54.0 Å². The summed E-state index contributed by atoms with van der Waals surface area (Å²) in [6.45, 7) is 1.95. The van der Waals surface area contributed by atoms with Gasteiger partial charge in [-0.15, -0.1) is 47.5 Å². The maximum atomic E-state index is 12.1. The highest BCUT2D eigenvalue weighted by Crippen LogP contribution is 2.27. The van der Waals surface area contributed by atoms with Crippen LogP contribution in [0.1, 0.15) is 23.3 Å². The van der Waals surface area contributed by atoms with Crippen LogP contribution in [0.5, 0.6) is 0 Å². The van der Waals surface area contributed by atoms with Crippen LogP contribution in [-0.4, -0.2) is 30.0 Å². The highest BCUT2D eigenvalue weighted by atomic mass is 35.5. The molecule has 1 aliphatic rings. The molecule has 0 bridgehead atoms. The third kappa shape index (κ3) is 4.66. The Bertz CT molecular complexity index is 554. The summed E-state index contributed by atoms with van der Waals surface area (Å²) in [6, 6.07) is 4.30. The van der Waals surface area contributed by atoms with Gasteiger partial charge in [0.1, 0.15) is 10.7 Å². The van der Waals surface area contributed by atoms with E-state index in [0.717, 1.165) is 35.8 Å². The van der Waals surface area contributed by atoms with E-state index in [1.54, 1.807) is 11.3 Å². The minimum atomic E-state index is -0.0500. The fourth-order valence-corrected chi connectivity index (χ4v) is 3.73. The summed E-state index contributed by atoms with van der Waals surface area (Å²) in [5, 5.41) is 11.1. The number of halogens is 2. The number of piperidine rings is 1. The number of amides is 1. The van der Waals surface area contributed by atoms with E-state index in [2.05, 4.69) is 15.6 Å². The molecule has 8 heteroatoms. The summed E-state index contributed by atoms with van der Waals surface area (Å²) in [4.78, 5) is 17.6. The van der Waals surface area contributed by atoms with Gasteiger partial charge in [-0.05, 0) is 37.4 Å². The van der Waals surface area contributed by atoms with Gasteiger partial charge in [-0.3, -0.25) is 4.79 Å². The molecule has 0 saturated carbocycles. The van der Waals surface area contributed by atoms with Crippen LogP contribution < -0.4 is 10.6 Å². The van der Waals surface area contributed by atoms with Gasteiger partial charge in [-0.2, -0.15) is 0 Å². The zero-order chi connectivity index (χ0) is 13.1. The van der Waals surface area contributed by atoms with Gasteiger partial charge in [0.2, 0.25) is 0 Å². The number of carbonyl (C=O) groups is 1. The molecule has 0 aromatic carbocycles. The van der Waals surface area contributed by atoms with Crippen LogP contribution in [0.15, 0.2) is 22.9 Å². The smallest absolute Gasteiger partial charge is 0.270 e. The van der Waals surface area contributed by atoms with E-state index in [1.807, 2.05) is 22.9 Å². The van der Waals surface area contributed by atoms with Crippen molar-refractivity contribution in [1.29, 1.82) is 0 Å². The van der Waals surface area contributed by atoms with Crippen LogP contribution in [0, 0.1) is 0 Å². The second-order valence-corrected chi connectivity index (χ2v) is 6.32. The van der Waals surface area contributed by atoms with E-state index in [-0.39, 0.29) is 36.8 Å². The summed E-state index contributed by atoms with van der Waals surface area (Å²) in [5.74, 6) is -0.0500. The average Bonchev–Trinajstić information content (AvgIpc) is 3.11. The molecular weight excluding hydrogens is 349 g/mol. The van der Waals surface area contributed by atoms with Crippen LogP contribution in [0.4, 0.5) is 0 Å². The molecule has 1 saturated heterocycles. The molecule has 0 unspecified atom stereocenters. The van der Waals surface area contributed by atoms with Crippen LogP contribution in [0.25, 0.3) is 9.88 Å². The Morgan fingerprint density at radius 1 is 1.29 bits per heavy atom. The standard InChI is InChI=1S/C13H15N3OS2.2ClH/c17-12(15-9-3-5-14-6-4-9)10-8-19-13(16-10)11-2-1-7-18-11;;/h1-2,7-9,14H,3-6H2,(H,15,17);2*1H. The molecule has 1 fully saturated rings. The van der Waals surface area contributed by atoms with E-state index in [9.17, 15) is 4.79 Å². The Kier molecular flexibility index (Phi) is 7.62. The molecule has 3 heterocycles. The van der Waals surface area contributed by atoms with Gasteiger partial charge in [0.25, 0.3) is 5.91 Å². The Hall–Kier alpha value is -0.660. The first-order chi connectivity index (χ1) is 9.33. The van der Waals surface area contributed by atoms with Gasteiger partial charge in [-0.25, -0.2) is 4.98 Å². The Labute approximate surface area is 144 Å². The first-order valence-electron chi connectivity index (χ1n) is 6.34. The third-order valence-corrected chi connectivity index (χ3v) is 5.02. The molecule has 1 amide bonds. The summed E-state index contributed by atoms with van der Waals surface area (Å²) < 4.78 is 0. The van der Waals surface area contributed by atoms with Crippen molar-refractivity contribution < 1.29 is 4.79 Å². The predicted molar refractivity (Wildman–Crippen MR) is 93.3 cm³/mol. The number of rotatable bonds is 3. The van der Waals surface area contributed by atoms with Crippen molar-refractivity contribution in [2.75, 3.05) is 13.1 Å². The van der Waals surface area contributed by atoms with Gasteiger partial charge < -0.3 is 10.6 Å². The number of nitrogens with zero attached hydrogens (tertiary/aromatic N) is 1. The highest BCUT2D eigenvalue weighted by molar-refractivity contribution is 7.20. The number of nitrogens with one attached hydrogen (secondary N) is 2. The van der Waals surface area contributed by atoms with Gasteiger partial charge in [0, 0.05) is 11.4 Å². The van der Waals surface area contributed by atoms with Crippen molar-refractivity contribution >= 4 is 53.4 Å². The van der Waals surface area contributed by atoms with Crippen LogP contribution >= 0.6 is 47.5 Å². The fourth-order valence-electron chi connectivity index (χ4n) is 2.12. The number of thiazole rings is 1. The van der Waals surface area contributed by atoms with Crippen molar-refractivity contribution in [3.8, 4) is 9.88 Å². The zero-order valence-corrected chi connectivity index (χ0v) is 14.5. The zero-order valence-electron chi connectivity index (χ0n) is 11.2. The summed E-state index contributed by atoms with van der Waals surface area (Å²) >= 11 is 3.17. The lowest BCUT2D eigenvalue weighted by Crippen LogP contribution is -2.42. The molecule has 0 radical (unpaired) electrons. The molecule has 116 valence electrons. The highest BCUT2D eigenvalue weighted by Gasteiger charge is 2.18. The van der Waals surface area contributed by atoms with Crippen molar-refractivity contribution in [2.24, 2.45) is 0 Å². The van der Waals surface area contributed by atoms with E-state index in [0.29, 0.717) is 5.69 Å². The third-order valence-electron chi connectivity index (χ3n) is 3.14. The quantitative estimate of drug-likeness (QED) is 0.877. The molecule has 0 spiro atoms. The normalized spacial score (nSPS) is 14.9. The van der Waals surface area contributed by atoms with Gasteiger partial charge >= 0.3 is 0 Å². The molecule has 3 rings (SSSR count). The van der Waals surface area contributed by atoms with E-state index in [4.69, 9.17) is 0 Å². The molecule has 0 atom stereocenters. The lowest BCUT2D eigenvalue weighted by Gasteiger charge is -2.23. The lowest BCUT2D eigenvalue weighted by molar-refractivity contribution is 0.0925. The Morgan fingerprint density at radius 3 is 2.71 bits per heavy atom. The Balaban J connectivity index is 0.00000110. The number of hydrogen-bond donors (Lipinski definition) is 2.